The van der Waals surface area contributed by atoms with E-state index in [-0.39, 0.29) is 0 Å². The van der Waals surface area contributed by atoms with Gasteiger partial charge in [0.05, 0.1) is 11.4 Å². The first-order valence-corrected chi connectivity index (χ1v) is 10.6. The van der Waals surface area contributed by atoms with Gasteiger partial charge in [0.1, 0.15) is 0 Å². The minimum absolute atomic E-state index is 0.702. The molecule has 0 amide bonds. The summed E-state index contributed by atoms with van der Waals surface area (Å²) < 4.78 is 0. The van der Waals surface area contributed by atoms with Gasteiger partial charge in [0.2, 0.25) is 0 Å². The van der Waals surface area contributed by atoms with Gasteiger partial charge in [-0.15, -0.1) is 0 Å². The summed E-state index contributed by atoms with van der Waals surface area (Å²) in [5, 5.41) is 0. The van der Waals surface area contributed by atoms with Gasteiger partial charge in [-0.1, -0.05) is 64.3 Å². The van der Waals surface area contributed by atoms with Crippen LogP contribution in [-0.2, 0) is 6.42 Å². The lowest BCUT2D eigenvalue weighted by atomic mass is 9.86. The lowest BCUT2D eigenvalue weighted by Gasteiger charge is -2.20. The van der Waals surface area contributed by atoms with Crippen LogP contribution < -0.4 is 11.5 Å². The number of rotatable bonds is 11. The van der Waals surface area contributed by atoms with Crippen LogP contribution in [0.2, 0.25) is 0 Å². The molecule has 0 fully saturated rings. The summed E-state index contributed by atoms with van der Waals surface area (Å²) in [4.78, 5) is 0. The molecule has 0 aliphatic rings. The van der Waals surface area contributed by atoms with Gasteiger partial charge in [-0.2, -0.15) is 0 Å². The van der Waals surface area contributed by atoms with Crippen LogP contribution in [0.1, 0.15) is 89.3 Å². The zero-order chi connectivity index (χ0) is 20.4. The summed E-state index contributed by atoms with van der Waals surface area (Å²) in [6.07, 6.45) is 13.4. The molecule has 150 valence electrons. The molecule has 0 radical (unpaired) electrons. The zero-order valence-corrected chi connectivity index (χ0v) is 18.3. The van der Waals surface area contributed by atoms with Crippen LogP contribution in [0.4, 0.5) is 11.4 Å². The molecule has 0 spiro atoms. The molecule has 0 aliphatic heterocycles. The van der Waals surface area contributed by atoms with Crippen molar-refractivity contribution in [1.29, 1.82) is 0 Å². The Morgan fingerprint density at radius 2 is 1.81 bits per heavy atom. The number of anilines is 2. The molecule has 0 bridgehead atoms. The van der Waals surface area contributed by atoms with Gasteiger partial charge in [0.15, 0.2) is 0 Å². The van der Waals surface area contributed by atoms with Gasteiger partial charge >= 0.3 is 0 Å². The van der Waals surface area contributed by atoms with Gasteiger partial charge < -0.3 is 11.5 Å². The number of hydrogen-bond acceptors (Lipinski definition) is 2. The fraction of sp³-hybridized carbons (Fsp3) is 0.520. The average molecular weight is 369 g/mol. The predicted octanol–water partition coefficient (Wildman–Crippen LogP) is 7.38. The molecule has 1 aromatic carbocycles. The monoisotopic (exact) mass is 368 g/mol. The number of nitrogen functional groups attached to an aromatic ring is 2. The van der Waals surface area contributed by atoms with Crippen LogP contribution in [0.5, 0.6) is 0 Å². The van der Waals surface area contributed by atoms with E-state index in [2.05, 4.69) is 53.3 Å². The summed E-state index contributed by atoms with van der Waals surface area (Å²) in [5.74, 6) is 0. The first-order valence-electron chi connectivity index (χ1n) is 10.6. The summed E-state index contributed by atoms with van der Waals surface area (Å²) in [6, 6.07) is 2.09. The van der Waals surface area contributed by atoms with E-state index >= 15 is 0 Å². The molecule has 0 aromatic heterocycles. The standard InChI is InChI=1S/C25H40N2/c1-7-11-12-15-22-17-23(26)25(27)19(6)24(22)18(5)21(10-4)16-20(13-8-2)14-9-3/h10,13,17H,4,7-9,11-12,14-16,26-27H2,1-3,5-6H3/b20-13-,21-18+. The van der Waals surface area contributed by atoms with Crippen LogP contribution in [0, 0.1) is 6.92 Å². The van der Waals surface area contributed by atoms with E-state index in [1.807, 2.05) is 6.08 Å². The summed E-state index contributed by atoms with van der Waals surface area (Å²) in [7, 11) is 0. The normalized spacial score (nSPS) is 12.9. The van der Waals surface area contributed by atoms with Crippen LogP contribution in [0.25, 0.3) is 5.57 Å². The quantitative estimate of drug-likeness (QED) is 0.185. The van der Waals surface area contributed by atoms with Crippen molar-refractivity contribution in [2.75, 3.05) is 11.5 Å². The Bertz CT molecular complexity index is 693. The summed E-state index contributed by atoms with van der Waals surface area (Å²) in [5.41, 5.74) is 21.7. The highest BCUT2D eigenvalue weighted by Gasteiger charge is 2.16. The van der Waals surface area contributed by atoms with E-state index in [0.29, 0.717) is 11.4 Å². The number of nitrogens with two attached hydrogens (primary N) is 2. The first kappa shape index (κ1) is 23.1. The Morgan fingerprint density at radius 1 is 1.11 bits per heavy atom. The molecule has 0 atom stereocenters. The Hall–Kier alpha value is -1.96. The molecular formula is C25H40N2. The van der Waals surface area contributed by atoms with Gasteiger partial charge in [0, 0.05) is 0 Å². The van der Waals surface area contributed by atoms with Gasteiger partial charge in [-0.3, -0.25) is 0 Å². The average Bonchev–Trinajstić information content (AvgIpc) is 2.64. The van der Waals surface area contributed by atoms with Crippen LogP contribution in [0.15, 0.2) is 35.9 Å². The third-order valence-corrected chi connectivity index (χ3v) is 5.38. The van der Waals surface area contributed by atoms with E-state index in [9.17, 15) is 0 Å². The maximum atomic E-state index is 6.30. The lowest BCUT2D eigenvalue weighted by Crippen LogP contribution is -2.06. The van der Waals surface area contributed by atoms with Crippen LogP contribution >= 0.6 is 0 Å². The molecule has 0 unspecified atom stereocenters. The predicted molar refractivity (Wildman–Crippen MR) is 124 cm³/mol. The van der Waals surface area contributed by atoms with Gasteiger partial charge in [-0.25, -0.2) is 0 Å². The number of aryl methyl sites for hydroxylation is 1. The van der Waals surface area contributed by atoms with Gasteiger partial charge in [0.25, 0.3) is 0 Å². The molecule has 2 heteroatoms. The van der Waals surface area contributed by atoms with Crippen LogP contribution in [-0.4, -0.2) is 0 Å². The van der Waals surface area contributed by atoms with Crippen molar-refractivity contribution >= 4 is 16.9 Å². The zero-order valence-electron chi connectivity index (χ0n) is 18.3. The number of benzene rings is 1. The van der Waals surface area contributed by atoms with Crippen molar-refractivity contribution in [3.63, 3.8) is 0 Å². The maximum absolute atomic E-state index is 6.30. The van der Waals surface area contributed by atoms with Crippen molar-refractivity contribution in [2.24, 2.45) is 0 Å². The maximum Gasteiger partial charge on any atom is 0.0583 e. The second-order valence-electron chi connectivity index (χ2n) is 7.55. The van der Waals surface area contributed by atoms with Crippen molar-refractivity contribution < 1.29 is 0 Å². The fourth-order valence-electron chi connectivity index (χ4n) is 3.85. The second-order valence-corrected chi connectivity index (χ2v) is 7.55. The molecule has 1 rings (SSSR count). The fourth-order valence-corrected chi connectivity index (χ4v) is 3.85. The highest BCUT2D eigenvalue weighted by Crippen LogP contribution is 2.36. The Labute approximate surface area is 167 Å². The molecule has 0 heterocycles. The molecule has 1 aromatic rings. The number of unbranched alkanes of at least 4 members (excludes halogenated alkanes) is 2. The van der Waals surface area contributed by atoms with E-state index in [1.54, 1.807) is 0 Å². The highest BCUT2D eigenvalue weighted by atomic mass is 14.7. The summed E-state index contributed by atoms with van der Waals surface area (Å²) in [6.45, 7) is 15.1. The van der Waals surface area contributed by atoms with Crippen molar-refractivity contribution in [3.8, 4) is 0 Å². The molecular weight excluding hydrogens is 328 g/mol. The number of hydrogen-bond donors (Lipinski definition) is 2. The first-order chi connectivity index (χ1) is 12.9. The third-order valence-electron chi connectivity index (χ3n) is 5.38. The molecule has 27 heavy (non-hydrogen) atoms. The SMILES string of the molecule is C=C/C(C/C(=C\CC)CCC)=C(/C)c1c(CCCCC)cc(N)c(N)c1C. The Morgan fingerprint density at radius 3 is 2.37 bits per heavy atom. The second kappa shape index (κ2) is 11.7. The molecule has 2 nitrogen and oxygen atoms in total. The Kier molecular flexibility index (Phi) is 9.99. The van der Waals surface area contributed by atoms with Crippen molar-refractivity contribution in [1.82, 2.24) is 0 Å². The minimum Gasteiger partial charge on any atom is -0.397 e. The molecule has 0 aliphatic carbocycles. The van der Waals surface area contributed by atoms with Gasteiger partial charge in [-0.05, 0) is 79.9 Å². The molecule has 4 N–H and O–H groups in total. The molecule has 0 saturated heterocycles. The smallest absolute Gasteiger partial charge is 0.0583 e. The number of allylic oxidation sites excluding steroid dienone is 5. The largest absolute Gasteiger partial charge is 0.397 e. The molecule has 0 saturated carbocycles. The minimum atomic E-state index is 0.702. The van der Waals surface area contributed by atoms with Crippen molar-refractivity contribution in [2.45, 2.75) is 86.0 Å². The lowest BCUT2D eigenvalue weighted by molar-refractivity contribution is 0.716. The Balaban J connectivity index is 3.44. The van der Waals surface area contributed by atoms with Crippen molar-refractivity contribution in [3.05, 3.63) is 52.6 Å². The van der Waals surface area contributed by atoms with E-state index < -0.39 is 0 Å². The van der Waals surface area contributed by atoms with E-state index in [1.165, 1.54) is 53.5 Å². The van der Waals surface area contributed by atoms with E-state index in [0.717, 1.165) is 31.2 Å². The van der Waals surface area contributed by atoms with E-state index in [4.69, 9.17) is 11.5 Å². The topological polar surface area (TPSA) is 52.0 Å². The highest BCUT2D eigenvalue weighted by molar-refractivity contribution is 5.82. The van der Waals surface area contributed by atoms with Crippen LogP contribution in [0.3, 0.4) is 0 Å². The summed E-state index contributed by atoms with van der Waals surface area (Å²) >= 11 is 0. The third kappa shape index (κ3) is 6.30.